The third-order valence-corrected chi connectivity index (χ3v) is 4.79. The van der Waals surface area contributed by atoms with Crippen LogP contribution in [-0.4, -0.2) is 21.5 Å². The van der Waals surface area contributed by atoms with Crippen molar-refractivity contribution in [2.75, 3.05) is 11.8 Å². The minimum absolute atomic E-state index is 0.00954. The molecule has 0 aliphatic rings. The van der Waals surface area contributed by atoms with E-state index in [-0.39, 0.29) is 22.3 Å². The molecule has 0 saturated carbocycles. The fourth-order valence-electron chi connectivity index (χ4n) is 1.80. The van der Waals surface area contributed by atoms with Crippen molar-refractivity contribution < 1.29 is 17.9 Å². The van der Waals surface area contributed by atoms with Crippen LogP contribution in [0, 0.1) is 0 Å². The van der Waals surface area contributed by atoms with E-state index in [1.54, 1.807) is 36.4 Å². The van der Waals surface area contributed by atoms with Crippen LogP contribution in [0.4, 0.5) is 5.69 Å². The van der Waals surface area contributed by atoms with Crippen LogP contribution >= 0.6 is 11.6 Å². The summed E-state index contributed by atoms with van der Waals surface area (Å²) in [6.45, 7) is 0. The summed E-state index contributed by atoms with van der Waals surface area (Å²) in [5.41, 5.74) is 1.11. The molecule has 1 N–H and O–H groups in total. The summed E-state index contributed by atoms with van der Waals surface area (Å²) in [5.74, 6) is -0.357. The third kappa shape index (κ3) is 3.99. The Hall–Kier alpha value is -2.05. The number of carbonyl (C=O) groups is 1. The molecule has 7 heteroatoms. The van der Waals surface area contributed by atoms with Crippen molar-refractivity contribution in [3.8, 4) is 0 Å². The lowest BCUT2D eigenvalue weighted by Gasteiger charge is -2.10. The van der Waals surface area contributed by atoms with Gasteiger partial charge in [-0.25, -0.2) is 8.42 Å². The first-order valence-corrected chi connectivity index (χ1v) is 8.21. The van der Waals surface area contributed by atoms with E-state index < -0.39 is 10.0 Å². The lowest BCUT2D eigenvalue weighted by molar-refractivity contribution is -0.139. The average molecular weight is 340 g/mol. The summed E-state index contributed by atoms with van der Waals surface area (Å²) in [6.07, 6.45) is 0.133. The first-order chi connectivity index (χ1) is 10.4. The monoisotopic (exact) mass is 339 g/mol. The second-order valence-electron chi connectivity index (χ2n) is 4.49. The van der Waals surface area contributed by atoms with Gasteiger partial charge in [0, 0.05) is 5.69 Å². The highest BCUT2D eigenvalue weighted by atomic mass is 35.5. The van der Waals surface area contributed by atoms with Crippen LogP contribution < -0.4 is 4.72 Å². The van der Waals surface area contributed by atoms with Crippen molar-refractivity contribution in [2.45, 2.75) is 11.3 Å². The van der Waals surface area contributed by atoms with Crippen molar-refractivity contribution in [1.29, 1.82) is 0 Å². The molecule has 0 fully saturated rings. The third-order valence-electron chi connectivity index (χ3n) is 2.91. The predicted molar refractivity (Wildman–Crippen MR) is 84.4 cm³/mol. The lowest BCUT2D eigenvalue weighted by Crippen LogP contribution is -2.13. The molecule has 0 heterocycles. The largest absolute Gasteiger partial charge is 0.469 e. The normalized spacial score (nSPS) is 11.0. The fraction of sp³-hybridized carbons (Fsp3) is 0.133. The number of anilines is 1. The number of sulfonamides is 1. The predicted octanol–water partition coefficient (Wildman–Crippen LogP) is 2.86. The van der Waals surface area contributed by atoms with Gasteiger partial charge in [0.2, 0.25) is 0 Å². The maximum Gasteiger partial charge on any atom is 0.309 e. The van der Waals surface area contributed by atoms with Crippen LogP contribution in [0.15, 0.2) is 53.4 Å². The number of esters is 1. The zero-order valence-corrected chi connectivity index (χ0v) is 13.3. The van der Waals surface area contributed by atoms with Crippen LogP contribution in [0.1, 0.15) is 5.56 Å². The second-order valence-corrected chi connectivity index (χ2v) is 6.54. The molecule has 0 saturated heterocycles. The average Bonchev–Trinajstić information content (AvgIpc) is 2.49. The summed E-state index contributed by atoms with van der Waals surface area (Å²) in [7, 11) is -2.44. The van der Waals surface area contributed by atoms with E-state index in [1.807, 2.05) is 0 Å². The topological polar surface area (TPSA) is 72.5 Å². The van der Waals surface area contributed by atoms with Gasteiger partial charge < -0.3 is 4.74 Å². The van der Waals surface area contributed by atoms with Gasteiger partial charge in [-0.05, 0) is 29.8 Å². The summed E-state index contributed by atoms with van der Waals surface area (Å²) in [4.78, 5) is 11.2. The zero-order valence-electron chi connectivity index (χ0n) is 11.7. The van der Waals surface area contributed by atoms with Gasteiger partial charge in [0.25, 0.3) is 10.0 Å². The minimum Gasteiger partial charge on any atom is -0.469 e. The van der Waals surface area contributed by atoms with Crippen molar-refractivity contribution in [3.63, 3.8) is 0 Å². The fourth-order valence-corrected chi connectivity index (χ4v) is 3.38. The van der Waals surface area contributed by atoms with E-state index in [1.165, 1.54) is 19.2 Å². The number of hydrogen-bond acceptors (Lipinski definition) is 4. The molecule has 0 aliphatic carbocycles. The zero-order chi connectivity index (χ0) is 16.2. The summed E-state index contributed by atoms with van der Waals surface area (Å²) < 4.78 is 31.5. The molecule has 2 aromatic carbocycles. The Morgan fingerprint density at radius 3 is 2.36 bits per heavy atom. The van der Waals surface area contributed by atoms with Crippen LogP contribution in [0.25, 0.3) is 0 Å². The summed E-state index contributed by atoms with van der Waals surface area (Å²) >= 11 is 5.90. The van der Waals surface area contributed by atoms with Crippen LogP contribution in [0.5, 0.6) is 0 Å². The van der Waals surface area contributed by atoms with Gasteiger partial charge in [-0.2, -0.15) is 0 Å². The number of carbonyl (C=O) groups excluding carboxylic acids is 1. The highest BCUT2D eigenvalue weighted by Gasteiger charge is 2.17. The molecule has 116 valence electrons. The molecule has 2 aromatic rings. The molecular weight excluding hydrogens is 326 g/mol. The van der Waals surface area contributed by atoms with Crippen LogP contribution in [0.3, 0.4) is 0 Å². The number of nitrogens with one attached hydrogen (secondary N) is 1. The maximum absolute atomic E-state index is 12.3. The molecule has 0 aliphatic heterocycles. The molecule has 0 amide bonds. The van der Waals surface area contributed by atoms with E-state index in [9.17, 15) is 13.2 Å². The number of hydrogen-bond donors (Lipinski definition) is 1. The molecule has 0 bridgehead atoms. The Bertz CT molecular complexity index is 772. The lowest BCUT2D eigenvalue weighted by atomic mass is 10.1. The van der Waals surface area contributed by atoms with Crippen LogP contribution in [0.2, 0.25) is 5.02 Å². The first-order valence-electron chi connectivity index (χ1n) is 6.35. The van der Waals surface area contributed by atoms with Gasteiger partial charge in [0.1, 0.15) is 4.90 Å². The van der Waals surface area contributed by atoms with E-state index in [0.717, 1.165) is 5.56 Å². The maximum atomic E-state index is 12.3. The van der Waals surface area contributed by atoms with Gasteiger partial charge in [-0.3, -0.25) is 9.52 Å². The van der Waals surface area contributed by atoms with Gasteiger partial charge >= 0.3 is 5.97 Å². The van der Waals surface area contributed by atoms with Gasteiger partial charge in [0.05, 0.1) is 18.6 Å². The van der Waals surface area contributed by atoms with Crippen molar-refractivity contribution in [3.05, 3.63) is 59.1 Å². The Balaban J connectivity index is 2.17. The second kappa shape index (κ2) is 6.81. The highest BCUT2D eigenvalue weighted by molar-refractivity contribution is 7.92. The van der Waals surface area contributed by atoms with Crippen molar-refractivity contribution >= 4 is 33.3 Å². The van der Waals surface area contributed by atoms with Crippen molar-refractivity contribution in [1.82, 2.24) is 0 Å². The molecule has 0 radical (unpaired) electrons. The number of rotatable bonds is 5. The quantitative estimate of drug-likeness (QED) is 0.850. The molecule has 5 nitrogen and oxygen atoms in total. The SMILES string of the molecule is COC(=O)Cc1ccc(NS(=O)(=O)c2ccccc2Cl)cc1. The first kappa shape index (κ1) is 16.3. The Morgan fingerprint density at radius 2 is 1.77 bits per heavy atom. The molecule has 0 aromatic heterocycles. The van der Waals surface area contributed by atoms with Crippen LogP contribution in [-0.2, 0) is 26.0 Å². The number of halogens is 1. The Kier molecular flexibility index (Phi) is 5.05. The van der Waals surface area contributed by atoms with E-state index in [4.69, 9.17) is 11.6 Å². The van der Waals surface area contributed by atoms with E-state index in [2.05, 4.69) is 9.46 Å². The van der Waals surface area contributed by atoms with Crippen molar-refractivity contribution in [2.24, 2.45) is 0 Å². The van der Waals surface area contributed by atoms with E-state index in [0.29, 0.717) is 5.69 Å². The molecule has 2 rings (SSSR count). The number of ether oxygens (including phenoxy) is 1. The molecule has 0 atom stereocenters. The molecule has 0 unspecified atom stereocenters. The number of methoxy groups -OCH3 is 1. The van der Waals surface area contributed by atoms with Gasteiger partial charge in [0.15, 0.2) is 0 Å². The summed E-state index contributed by atoms with van der Waals surface area (Å²) in [5, 5.41) is 0.150. The Labute approximate surface area is 133 Å². The Morgan fingerprint density at radius 1 is 1.14 bits per heavy atom. The van der Waals surface area contributed by atoms with Gasteiger partial charge in [-0.15, -0.1) is 0 Å². The minimum atomic E-state index is -3.76. The molecular formula is C15H14ClNO4S. The molecule has 0 spiro atoms. The smallest absolute Gasteiger partial charge is 0.309 e. The van der Waals surface area contributed by atoms with E-state index >= 15 is 0 Å². The number of benzene rings is 2. The highest BCUT2D eigenvalue weighted by Crippen LogP contribution is 2.23. The van der Waals surface area contributed by atoms with Gasteiger partial charge in [-0.1, -0.05) is 35.9 Å². The summed E-state index contributed by atoms with van der Waals surface area (Å²) in [6, 6.07) is 12.6. The standard InChI is InChI=1S/C15H14ClNO4S/c1-21-15(18)10-11-6-8-12(9-7-11)17-22(19,20)14-5-3-2-4-13(14)16/h2-9,17H,10H2,1H3. The molecule has 22 heavy (non-hydrogen) atoms.